The highest BCUT2D eigenvalue weighted by molar-refractivity contribution is 6.06. The Hall–Kier alpha value is -3.71. The zero-order valence-corrected chi connectivity index (χ0v) is 17.0. The molecule has 156 valence electrons. The number of pyridine rings is 1. The van der Waals surface area contributed by atoms with Crippen molar-refractivity contribution < 1.29 is 9.53 Å². The van der Waals surface area contributed by atoms with Gasteiger partial charge in [-0.15, -0.1) is 0 Å². The fraction of sp³-hybridized carbons (Fsp3) is 0.208. The molecule has 1 aliphatic rings. The SMILES string of the molecule is O=C(Nc1ccc2[nH]ncc2c1)c1cnccc1O[C@H]1CCN(Cc2ccccc2)C1. The van der Waals surface area contributed by atoms with Crippen molar-refractivity contribution in [3.63, 3.8) is 0 Å². The van der Waals surface area contributed by atoms with Crippen LogP contribution in [0, 0.1) is 0 Å². The van der Waals surface area contributed by atoms with Gasteiger partial charge in [-0.1, -0.05) is 30.3 Å². The van der Waals surface area contributed by atoms with Crippen LogP contribution in [-0.2, 0) is 6.54 Å². The molecule has 1 fully saturated rings. The van der Waals surface area contributed by atoms with Crippen molar-refractivity contribution in [3.8, 4) is 5.75 Å². The van der Waals surface area contributed by atoms with E-state index < -0.39 is 0 Å². The molecule has 1 atom stereocenters. The summed E-state index contributed by atoms with van der Waals surface area (Å²) in [5, 5.41) is 10.8. The normalized spacial score (nSPS) is 16.5. The number of fused-ring (bicyclic) bond motifs is 1. The average molecular weight is 413 g/mol. The monoisotopic (exact) mass is 413 g/mol. The zero-order chi connectivity index (χ0) is 21.0. The first-order chi connectivity index (χ1) is 15.2. The Kier molecular flexibility index (Phi) is 5.33. The van der Waals surface area contributed by atoms with Crippen LogP contribution in [-0.4, -0.2) is 45.2 Å². The molecule has 4 aromatic rings. The van der Waals surface area contributed by atoms with Crippen LogP contribution in [0.4, 0.5) is 5.69 Å². The standard InChI is InChI=1S/C24H23N5O2/c30-24(27-19-6-7-22-18(12-19)13-26-28-22)21-14-25-10-8-23(21)31-20-9-11-29(16-20)15-17-4-2-1-3-5-17/h1-8,10,12-14,20H,9,11,15-16H2,(H,26,28)(H,27,30)/t20-/m0/s1. The number of carbonyl (C=O) groups is 1. The summed E-state index contributed by atoms with van der Waals surface area (Å²) in [5.41, 5.74) is 3.34. The van der Waals surface area contributed by atoms with Crippen LogP contribution in [0.3, 0.4) is 0 Å². The number of nitrogens with one attached hydrogen (secondary N) is 2. The highest BCUT2D eigenvalue weighted by Crippen LogP contribution is 2.24. The summed E-state index contributed by atoms with van der Waals surface area (Å²) < 4.78 is 6.23. The van der Waals surface area contributed by atoms with Gasteiger partial charge in [0.15, 0.2) is 0 Å². The molecule has 2 aromatic heterocycles. The second kappa shape index (κ2) is 8.57. The quantitative estimate of drug-likeness (QED) is 0.502. The average Bonchev–Trinajstić information content (AvgIpc) is 3.44. The largest absolute Gasteiger partial charge is 0.488 e. The molecule has 0 unspecified atom stereocenters. The molecular formula is C24H23N5O2. The molecule has 2 aromatic carbocycles. The Morgan fingerprint density at radius 3 is 2.97 bits per heavy atom. The van der Waals surface area contributed by atoms with Crippen molar-refractivity contribution in [1.82, 2.24) is 20.1 Å². The minimum atomic E-state index is -0.245. The predicted octanol–water partition coefficient (Wildman–Crippen LogP) is 3.86. The Labute approximate surface area is 180 Å². The number of benzene rings is 2. The van der Waals surface area contributed by atoms with Crippen molar-refractivity contribution in [1.29, 1.82) is 0 Å². The topological polar surface area (TPSA) is 83.1 Å². The zero-order valence-electron chi connectivity index (χ0n) is 17.0. The van der Waals surface area contributed by atoms with Gasteiger partial charge in [-0.3, -0.25) is 19.8 Å². The van der Waals surface area contributed by atoms with Gasteiger partial charge in [0.1, 0.15) is 11.9 Å². The van der Waals surface area contributed by atoms with E-state index >= 15 is 0 Å². The van der Waals surface area contributed by atoms with Crippen molar-refractivity contribution in [2.24, 2.45) is 0 Å². The summed E-state index contributed by atoms with van der Waals surface area (Å²) >= 11 is 0. The predicted molar refractivity (Wildman–Crippen MR) is 119 cm³/mol. The summed E-state index contributed by atoms with van der Waals surface area (Å²) in [7, 11) is 0. The van der Waals surface area contributed by atoms with E-state index in [1.54, 1.807) is 24.7 Å². The Morgan fingerprint density at radius 2 is 2.06 bits per heavy atom. The number of carbonyl (C=O) groups excluding carboxylic acids is 1. The van der Waals surface area contributed by atoms with Gasteiger partial charge in [0.2, 0.25) is 0 Å². The number of amides is 1. The number of H-pyrrole nitrogens is 1. The lowest BCUT2D eigenvalue weighted by atomic mass is 10.2. The maximum Gasteiger partial charge on any atom is 0.261 e. The molecule has 0 spiro atoms. The number of likely N-dealkylation sites (tertiary alicyclic amines) is 1. The van der Waals surface area contributed by atoms with Crippen molar-refractivity contribution in [3.05, 3.63) is 84.3 Å². The minimum absolute atomic E-state index is 0.0416. The van der Waals surface area contributed by atoms with Crippen LogP contribution in [0.5, 0.6) is 5.75 Å². The van der Waals surface area contributed by atoms with Crippen LogP contribution in [0.2, 0.25) is 0 Å². The molecule has 0 bridgehead atoms. The molecular weight excluding hydrogens is 390 g/mol. The van der Waals surface area contributed by atoms with E-state index in [1.165, 1.54) is 5.56 Å². The lowest BCUT2D eigenvalue weighted by Crippen LogP contribution is -2.25. The van der Waals surface area contributed by atoms with E-state index in [2.05, 4.69) is 49.7 Å². The van der Waals surface area contributed by atoms with Crippen molar-refractivity contribution in [2.75, 3.05) is 18.4 Å². The first-order valence-corrected chi connectivity index (χ1v) is 10.4. The van der Waals surface area contributed by atoms with Crippen LogP contribution >= 0.6 is 0 Å². The van der Waals surface area contributed by atoms with Crippen molar-refractivity contribution in [2.45, 2.75) is 19.1 Å². The number of hydrogen-bond donors (Lipinski definition) is 2. The van der Waals surface area contributed by atoms with Gasteiger partial charge in [-0.05, 0) is 36.2 Å². The number of anilines is 1. The maximum absolute atomic E-state index is 12.9. The van der Waals surface area contributed by atoms with E-state index in [0.717, 1.165) is 37.0 Å². The second-order valence-corrected chi connectivity index (χ2v) is 7.75. The van der Waals surface area contributed by atoms with E-state index in [0.29, 0.717) is 17.0 Å². The number of rotatable bonds is 6. The number of hydrogen-bond acceptors (Lipinski definition) is 5. The van der Waals surface area contributed by atoms with E-state index in [9.17, 15) is 4.79 Å². The first kappa shape index (κ1) is 19.3. The Balaban J connectivity index is 1.25. The van der Waals surface area contributed by atoms with Crippen molar-refractivity contribution >= 4 is 22.5 Å². The fourth-order valence-electron chi connectivity index (χ4n) is 3.93. The molecule has 31 heavy (non-hydrogen) atoms. The van der Waals surface area contributed by atoms with E-state index in [-0.39, 0.29) is 12.0 Å². The number of aromatic amines is 1. The molecule has 0 aliphatic carbocycles. The molecule has 0 saturated carbocycles. The fourth-order valence-corrected chi connectivity index (χ4v) is 3.93. The van der Waals surface area contributed by atoms with Gasteiger partial charge >= 0.3 is 0 Å². The summed E-state index contributed by atoms with van der Waals surface area (Å²) in [6.07, 6.45) is 5.90. The van der Waals surface area contributed by atoms with Crippen LogP contribution in [0.1, 0.15) is 22.3 Å². The molecule has 0 radical (unpaired) electrons. The van der Waals surface area contributed by atoms with Crippen LogP contribution in [0.25, 0.3) is 10.9 Å². The Bertz CT molecular complexity index is 1190. The molecule has 1 amide bonds. The molecule has 7 heteroatoms. The molecule has 1 saturated heterocycles. The molecule has 2 N–H and O–H groups in total. The molecule has 3 heterocycles. The third kappa shape index (κ3) is 4.41. The van der Waals surface area contributed by atoms with Gasteiger partial charge in [0.25, 0.3) is 5.91 Å². The van der Waals surface area contributed by atoms with Gasteiger partial charge < -0.3 is 10.1 Å². The molecule has 5 rings (SSSR count). The van der Waals surface area contributed by atoms with E-state index in [1.807, 2.05) is 24.3 Å². The number of ether oxygens (including phenoxy) is 1. The lowest BCUT2D eigenvalue weighted by Gasteiger charge is -2.18. The Morgan fingerprint density at radius 1 is 1.16 bits per heavy atom. The summed E-state index contributed by atoms with van der Waals surface area (Å²) in [6.45, 7) is 2.70. The lowest BCUT2D eigenvalue weighted by molar-refractivity contribution is 0.101. The number of nitrogens with zero attached hydrogens (tertiary/aromatic N) is 3. The second-order valence-electron chi connectivity index (χ2n) is 7.75. The smallest absolute Gasteiger partial charge is 0.261 e. The highest BCUT2D eigenvalue weighted by Gasteiger charge is 2.25. The van der Waals surface area contributed by atoms with Crippen LogP contribution in [0.15, 0.2) is 73.2 Å². The molecule has 1 aliphatic heterocycles. The first-order valence-electron chi connectivity index (χ1n) is 10.4. The van der Waals surface area contributed by atoms with Gasteiger partial charge in [-0.25, -0.2) is 0 Å². The minimum Gasteiger partial charge on any atom is -0.488 e. The third-order valence-electron chi connectivity index (χ3n) is 5.50. The van der Waals surface area contributed by atoms with Crippen LogP contribution < -0.4 is 10.1 Å². The van der Waals surface area contributed by atoms with Gasteiger partial charge in [-0.2, -0.15) is 5.10 Å². The third-order valence-corrected chi connectivity index (χ3v) is 5.50. The number of aromatic nitrogens is 3. The summed E-state index contributed by atoms with van der Waals surface area (Å²) in [5.74, 6) is 0.313. The molecule has 7 nitrogen and oxygen atoms in total. The highest BCUT2D eigenvalue weighted by atomic mass is 16.5. The maximum atomic E-state index is 12.9. The van der Waals surface area contributed by atoms with Gasteiger partial charge in [0.05, 0.1) is 17.3 Å². The summed E-state index contributed by atoms with van der Waals surface area (Å²) in [4.78, 5) is 19.4. The summed E-state index contributed by atoms with van der Waals surface area (Å²) in [6, 6.07) is 17.8. The van der Waals surface area contributed by atoms with Gasteiger partial charge in [0, 0.05) is 43.1 Å². The van der Waals surface area contributed by atoms with E-state index in [4.69, 9.17) is 4.74 Å².